The zero-order valence-electron chi connectivity index (χ0n) is 27.6. The fourth-order valence-corrected chi connectivity index (χ4v) is 6.71. The molecule has 47 heavy (non-hydrogen) atoms. The fraction of sp³-hybridized carbons (Fsp3) is 0.190. The van der Waals surface area contributed by atoms with Crippen LogP contribution in [0.5, 0.6) is 5.75 Å². The molecule has 5 nitrogen and oxygen atoms in total. The van der Waals surface area contributed by atoms with Crippen molar-refractivity contribution in [1.29, 1.82) is 0 Å². The minimum absolute atomic E-state index is 0.144. The summed E-state index contributed by atoms with van der Waals surface area (Å²) in [5, 5.41) is 15.2. The van der Waals surface area contributed by atoms with Gasteiger partial charge in [0.15, 0.2) is 11.4 Å². The van der Waals surface area contributed by atoms with Crippen LogP contribution in [0.4, 0.5) is 0 Å². The van der Waals surface area contributed by atoms with E-state index in [-0.39, 0.29) is 16.6 Å². The van der Waals surface area contributed by atoms with E-state index in [1.54, 1.807) is 0 Å². The van der Waals surface area contributed by atoms with Crippen molar-refractivity contribution in [3.63, 3.8) is 0 Å². The molecule has 0 aliphatic rings. The van der Waals surface area contributed by atoms with E-state index < -0.39 is 0 Å². The first kappa shape index (κ1) is 29.0. The highest BCUT2D eigenvalue weighted by Crippen LogP contribution is 2.43. The highest BCUT2D eigenvalue weighted by Gasteiger charge is 2.28. The molecule has 0 atom stereocenters. The summed E-state index contributed by atoms with van der Waals surface area (Å²) in [6.07, 6.45) is 0. The number of nitrogens with zero attached hydrogens (tertiary/aromatic N) is 3. The van der Waals surface area contributed by atoms with Gasteiger partial charge in [0.2, 0.25) is 0 Å². The summed E-state index contributed by atoms with van der Waals surface area (Å²) in [5.74, 6) is 0.679. The van der Waals surface area contributed by atoms with Gasteiger partial charge in [-0.3, -0.25) is 0 Å². The molecule has 0 fully saturated rings. The Morgan fingerprint density at radius 2 is 1.28 bits per heavy atom. The number of para-hydroxylation sites is 3. The van der Waals surface area contributed by atoms with Gasteiger partial charge in [-0.1, -0.05) is 108 Å². The highest BCUT2D eigenvalue weighted by molar-refractivity contribution is 6.10. The van der Waals surface area contributed by atoms with E-state index in [1.807, 2.05) is 30.3 Å². The lowest BCUT2D eigenvalue weighted by Crippen LogP contribution is -2.17. The van der Waals surface area contributed by atoms with Crippen molar-refractivity contribution >= 4 is 43.9 Å². The van der Waals surface area contributed by atoms with Crippen LogP contribution in [0.1, 0.15) is 52.7 Å². The summed E-state index contributed by atoms with van der Waals surface area (Å²) in [4.78, 5) is 10.3. The third-order valence-electron chi connectivity index (χ3n) is 9.20. The van der Waals surface area contributed by atoms with Crippen LogP contribution in [0, 0.1) is 0 Å². The number of furan rings is 1. The molecule has 5 aromatic carbocycles. The average Bonchev–Trinajstić information content (AvgIpc) is 3.59. The number of phenolic OH excluding ortho intramolecular Hbond substituents is 1. The summed E-state index contributed by atoms with van der Waals surface area (Å²) in [6.45, 7) is 12.9. The topological polar surface area (TPSA) is 64.1 Å². The second-order valence-corrected chi connectivity index (χ2v) is 14.5. The molecule has 5 heteroatoms. The summed E-state index contributed by atoms with van der Waals surface area (Å²) in [5.41, 5.74) is 9.16. The van der Waals surface area contributed by atoms with Gasteiger partial charge in [0.1, 0.15) is 22.5 Å². The molecule has 0 bridgehead atoms. The Morgan fingerprint density at radius 3 is 1.94 bits per heavy atom. The molecular weight excluding hydrogens is 578 g/mol. The lowest BCUT2D eigenvalue weighted by molar-refractivity contribution is 0.446. The van der Waals surface area contributed by atoms with Crippen LogP contribution in [0.2, 0.25) is 0 Å². The van der Waals surface area contributed by atoms with E-state index in [2.05, 4.69) is 125 Å². The summed E-state index contributed by atoms with van der Waals surface area (Å²) >= 11 is 0. The van der Waals surface area contributed by atoms with Crippen molar-refractivity contribution in [2.75, 3.05) is 0 Å². The molecule has 0 unspecified atom stereocenters. The predicted molar refractivity (Wildman–Crippen MR) is 194 cm³/mol. The molecule has 0 saturated heterocycles. The average molecular weight is 616 g/mol. The minimum atomic E-state index is -0.286. The summed E-state index contributed by atoms with van der Waals surface area (Å²) < 4.78 is 8.80. The molecule has 8 rings (SSSR count). The molecule has 0 aliphatic heterocycles. The second kappa shape index (κ2) is 10.3. The van der Waals surface area contributed by atoms with Gasteiger partial charge >= 0.3 is 0 Å². The number of aromatic nitrogens is 3. The smallest absolute Gasteiger partial charge is 0.180 e. The van der Waals surface area contributed by atoms with E-state index >= 15 is 0 Å². The van der Waals surface area contributed by atoms with Gasteiger partial charge in [0, 0.05) is 33.0 Å². The zero-order valence-corrected chi connectivity index (χ0v) is 27.6. The van der Waals surface area contributed by atoms with Crippen LogP contribution in [0.3, 0.4) is 0 Å². The lowest BCUT2D eigenvalue weighted by Gasteiger charge is -2.27. The van der Waals surface area contributed by atoms with Crippen LogP contribution in [-0.4, -0.2) is 19.6 Å². The lowest BCUT2D eigenvalue weighted by atomic mass is 9.79. The SMILES string of the molecule is CC(C)(C)c1cc(-c2nc(-c3cccc(-n4c5ccccc5c5ccccc54)c3)c3oc4ccccc4c3n2)c(O)c(C(C)(C)C)c1. The predicted octanol–water partition coefficient (Wildman–Crippen LogP) is 11.1. The largest absolute Gasteiger partial charge is 0.507 e. The van der Waals surface area contributed by atoms with Crippen LogP contribution in [0.25, 0.3) is 72.2 Å². The first-order valence-electron chi connectivity index (χ1n) is 16.2. The number of hydrogen-bond acceptors (Lipinski definition) is 4. The standard InChI is InChI=1S/C42H37N3O2/c1-41(2,3)26-23-31(38(46)32(24-26)42(4,5)6)40-43-36(39-37(44-40)30-18-9-12-21-35(30)47-39)25-14-13-15-27(22-25)45-33-19-10-7-16-28(33)29-17-8-11-20-34(29)45/h7-24,46H,1-6H3. The quantitative estimate of drug-likeness (QED) is 0.215. The fourth-order valence-electron chi connectivity index (χ4n) is 6.71. The van der Waals surface area contributed by atoms with Crippen LogP contribution >= 0.6 is 0 Å². The molecule has 0 amide bonds. The van der Waals surface area contributed by atoms with Crippen LogP contribution < -0.4 is 0 Å². The minimum Gasteiger partial charge on any atom is -0.507 e. The Balaban J connectivity index is 1.42. The van der Waals surface area contributed by atoms with Crippen molar-refractivity contribution in [2.45, 2.75) is 52.4 Å². The monoisotopic (exact) mass is 615 g/mol. The molecule has 8 aromatic rings. The van der Waals surface area contributed by atoms with Gasteiger partial charge in [-0.25, -0.2) is 9.97 Å². The van der Waals surface area contributed by atoms with E-state index in [1.165, 1.54) is 10.8 Å². The van der Waals surface area contributed by atoms with E-state index in [0.29, 0.717) is 22.7 Å². The van der Waals surface area contributed by atoms with Crippen molar-refractivity contribution in [3.05, 3.63) is 120 Å². The van der Waals surface area contributed by atoms with Crippen LogP contribution in [-0.2, 0) is 10.8 Å². The van der Waals surface area contributed by atoms with Crippen LogP contribution in [0.15, 0.2) is 114 Å². The molecule has 0 saturated carbocycles. The van der Waals surface area contributed by atoms with Gasteiger partial charge in [0.05, 0.1) is 16.6 Å². The number of rotatable bonds is 3. The molecule has 0 aliphatic carbocycles. The maximum Gasteiger partial charge on any atom is 0.180 e. The molecule has 3 heterocycles. The maximum absolute atomic E-state index is 11.8. The second-order valence-electron chi connectivity index (χ2n) is 14.5. The molecule has 232 valence electrons. The van der Waals surface area contributed by atoms with Crippen molar-refractivity contribution in [3.8, 4) is 34.1 Å². The van der Waals surface area contributed by atoms with Crippen molar-refractivity contribution < 1.29 is 9.52 Å². The van der Waals surface area contributed by atoms with Gasteiger partial charge in [-0.15, -0.1) is 0 Å². The molecule has 0 spiro atoms. The Bertz CT molecular complexity index is 2450. The number of benzene rings is 5. The zero-order chi connectivity index (χ0) is 32.7. The Morgan fingerprint density at radius 1 is 0.638 bits per heavy atom. The van der Waals surface area contributed by atoms with Gasteiger partial charge in [0.25, 0.3) is 0 Å². The summed E-state index contributed by atoms with van der Waals surface area (Å²) in [6, 6.07) is 37.6. The normalized spacial score (nSPS) is 12.6. The van der Waals surface area contributed by atoms with Gasteiger partial charge in [-0.05, 0) is 58.9 Å². The van der Waals surface area contributed by atoms with Gasteiger partial charge in [-0.2, -0.15) is 0 Å². The number of hydrogen-bond donors (Lipinski definition) is 1. The van der Waals surface area contributed by atoms with E-state index in [9.17, 15) is 5.11 Å². The molecular formula is C42H37N3O2. The molecule has 3 aromatic heterocycles. The number of phenols is 1. The maximum atomic E-state index is 11.8. The Hall–Kier alpha value is -5.42. The molecule has 1 N–H and O–H groups in total. The molecule has 0 radical (unpaired) electrons. The van der Waals surface area contributed by atoms with Crippen molar-refractivity contribution in [1.82, 2.24) is 14.5 Å². The number of fused-ring (bicyclic) bond motifs is 6. The summed E-state index contributed by atoms with van der Waals surface area (Å²) in [7, 11) is 0. The number of aromatic hydroxyl groups is 1. The Labute approximate surface area is 274 Å². The van der Waals surface area contributed by atoms with E-state index in [0.717, 1.165) is 49.9 Å². The Kier molecular flexibility index (Phi) is 6.36. The first-order chi connectivity index (χ1) is 22.5. The van der Waals surface area contributed by atoms with E-state index in [4.69, 9.17) is 14.4 Å². The first-order valence-corrected chi connectivity index (χ1v) is 16.2. The highest BCUT2D eigenvalue weighted by atomic mass is 16.3. The van der Waals surface area contributed by atoms with Gasteiger partial charge < -0.3 is 14.1 Å². The third kappa shape index (κ3) is 4.68. The van der Waals surface area contributed by atoms with Crippen molar-refractivity contribution in [2.24, 2.45) is 0 Å². The third-order valence-corrected chi connectivity index (χ3v) is 9.20.